The van der Waals surface area contributed by atoms with Crippen LogP contribution in [-0.4, -0.2) is 24.0 Å². The van der Waals surface area contributed by atoms with Gasteiger partial charge in [0.15, 0.2) is 5.69 Å². The van der Waals surface area contributed by atoms with Crippen molar-refractivity contribution in [2.45, 2.75) is 25.9 Å². The molecule has 0 aliphatic carbocycles. The van der Waals surface area contributed by atoms with Crippen LogP contribution in [0.25, 0.3) is 11.5 Å². The molecule has 156 valence electrons. The molecule has 1 amide bonds. The first kappa shape index (κ1) is 20.0. The zero-order valence-corrected chi connectivity index (χ0v) is 16.3. The maximum absolute atomic E-state index is 13.2. The molecule has 1 aliphatic heterocycles. The Hall–Kier alpha value is -3.29. The number of aromatic nitrogens is 1. The first-order valence-corrected chi connectivity index (χ1v) is 9.63. The Labute approximate surface area is 171 Å². The molecule has 0 atom stereocenters. The first-order chi connectivity index (χ1) is 14.3. The van der Waals surface area contributed by atoms with E-state index in [4.69, 9.17) is 4.42 Å². The van der Waals surface area contributed by atoms with Gasteiger partial charge in [-0.25, -0.2) is 4.98 Å². The zero-order valence-electron chi connectivity index (χ0n) is 16.3. The lowest BCUT2D eigenvalue weighted by Crippen LogP contribution is -2.22. The number of alkyl halides is 3. The summed E-state index contributed by atoms with van der Waals surface area (Å²) in [6.45, 7) is 3.06. The zero-order chi connectivity index (χ0) is 21.3. The SMILES string of the molecule is Cc1oc(-c2ccccc2)nc1C(=O)Nc1cc(C(F)(F)F)ccc1N1CCCC1. The fourth-order valence-corrected chi connectivity index (χ4v) is 3.54. The average molecular weight is 415 g/mol. The molecule has 2 heterocycles. The number of hydrogen-bond acceptors (Lipinski definition) is 4. The molecule has 2 aromatic carbocycles. The van der Waals surface area contributed by atoms with Crippen molar-refractivity contribution in [1.29, 1.82) is 0 Å². The molecule has 1 aliphatic rings. The maximum atomic E-state index is 13.2. The van der Waals surface area contributed by atoms with Gasteiger partial charge in [0.1, 0.15) is 5.76 Å². The summed E-state index contributed by atoms with van der Waals surface area (Å²) >= 11 is 0. The Bertz CT molecular complexity index is 1060. The minimum Gasteiger partial charge on any atom is -0.441 e. The Morgan fingerprint density at radius 1 is 1.10 bits per heavy atom. The molecule has 3 aromatic rings. The van der Waals surface area contributed by atoms with Crippen LogP contribution in [0.15, 0.2) is 52.9 Å². The number of oxazole rings is 1. The molecular formula is C22H20F3N3O2. The van der Waals surface area contributed by atoms with Crippen molar-refractivity contribution in [3.63, 3.8) is 0 Å². The molecule has 1 N–H and O–H groups in total. The fourth-order valence-electron chi connectivity index (χ4n) is 3.54. The number of rotatable bonds is 4. The molecule has 1 saturated heterocycles. The largest absolute Gasteiger partial charge is 0.441 e. The minimum atomic E-state index is -4.51. The van der Waals surface area contributed by atoms with Gasteiger partial charge in [-0.3, -0.25) is 4.79 Å². The maximum Gasteiger partial charge on any atom is 0.416 e. The molecule has 1 aromatic heterocycles. The van der Waals surface area contributed by atoms with E-state index < -0.39 is 17.6 Å². The van der Waals surface area contributed by atoms with Gasteiger partial charge < -0.3 is 14.6 Å². The van der Waals surface area contributed by atoms with E-state index in [2.05, 4.69) is 10.3 Å². The molecule has 1 fully saturated rings. The van der Waals surface area contributed by atoms with Crippen LogP contribution in [0.3, 0.4) is 0 Å². The number of aryl methyl sites for hydroxylation is 1. The number of benzene rings is 2. The second-order valence-corrected chi connectivity index (χ2v) is 7.17. The Morgan fingerprint density at radius 2 is 1.80 bits per heavy atom. The van der Waals surface area contributed by atoms with Crippen LogP contribution in [0, 0.1) is 6.92 Å². The van der Waals surface area contributed by atoms with Gasteiger partial charge in [-0.1, -0.05) is 18.2 Å². The first-order valence-electron chi connectivity index (χ1n) is 9.63. The van der Waals surface area contributed by atoms with Crippen LogP contribution < -0.4 is 10.2 Å². The number of hydrogen-bond donors (Lipinski definition) is 1. The molecule has 8 heteroatoms. The number of carbonyl (C=O) groups excluding carboxylic acids is 1. The predicted molar refractivity (Wildman–Crippen MR) is 108 cm³/mol. The summed E-state index contributed by atoms with van der Waals surface area (Å²) in [6, 6.07) is 12.5. The summed E-state index contributed by atoms with van der Waals surface area (Å²) in [5.74, 6) is -0.0405. The van der Waals surface area contributed by atoms with Gasteiger partial charge in [0.2, 0.25) is 5.89 Å². The molecule has 30 heavy (non-hydrogen) atoms. The van der Waals surface area contributed by atoms with Crippen LogP contribution in [-0.2, 0) is 6.18 Å². The second kappa shape index (κ2) is 7.85. The topological polar surface area (TPSA) is 58.4 Å². The quantitative estimate of drug-likeness (QED) is 0.610. The highest BCUT2D eigenvalue weighted by Gasteiger charge is 2.32. The molecule has 0 unspecified atom stereocenters. The van der Waals surface area contributed by atoms with Gasteiger partial charge in [-0.15, -0.1) is 0 Å². The van der Waals surface area contributed by atoms with Gasteiger partial charge in [0, 0.05) is 18.7 Å². The Balaban J connectivity index is 1.66. The Kier molecular flexibility index (Phi) is 5.24. The fraction of sp³-hybridized carbons (Fsp3) is 0.273. The van der Waals surface area contributed by atoms with Crippen LogP contribution in [0.2, 0.25) is 0 Å². The number of anilines is 2. The summed E-state index contributed by atoms with van der Waals surface area (Å²) in [5.41, 5.74) is 0.608. The van der Waals surface area contributed by atoms with Crippen LogP contribution in [0.4, 0.5) is 24.5 Å². The molecule has 0 saturated carbocycles. The number of carbonyl (C=O) groups is 1. The highest BCUT2D eigenvalue weighted by Crippen LogP contribution is 2.37. The van der Waals surface area contributed by atoms with Crippen molar-refractivity contribution >= 4 is 17.3 Å². The summed E-state index contributed by atoms with van der Waals surface area (Å²) in [4.78, 5) is 19.1. The van der Waals surface area contributed by atoms with Crippen molar-refractivity contribution in [3.05, 3.63) is 65.5 Å². The van der Waals surface area contributed by atoms with E-state index in [9.17, 15) is 18.0 Å². The standard InChI is InChI=1S/C22H20F3N3O2/c1-14-19(27-21(30-14)15-7-3-2-4-8-15)20(29)26-17-13-16(22(23,24)25)9-10-18(17)28-11-5-6-12-28/h2-4,7-10,13H,5-6,11-12H2,1H3,(H,26,29). The number of halogens is 3. The summed E-state index contributed by atoms with van der Waals surface area (Å²) in [6.07, 6.45) is -2.60. The normalized spacial score (nSPS) is 14.2. The third kappa shape index (κ3) is 4.03. The van der Waals surface area contributed by atoms with E-state index in [1.165, 1.54) is 6.07 Å². The average Bonchev–Trinajstić information content (AvgIpc) is 3.38. The monoisotopic (exact) mass is 415 g/mol. The number of nitrogens with one attached hydrogen (secondary N) is 1. The molecule has 0 radical (unpaired) electrons. The molecule has 0 bridgehead atoms. The van der Waals surface area contributed by atoms with Gasteiger partial charge in [0.05, 0.1) is 16.9 Å². The van der Waals surface area contributed by atoms with Gasteiger partial charge in [0.25, 0.3) is 5.91 Å². The third-order valence-corrected chi connectivity index (χ3v) is 5.05. The lowest BCUT2D eigenvalue weighted by molar-refractivity contribution is -0.137. The Morgan fingerprint density at radius 3 is 2.47 bits per heavy atom. The van der Waals surface area contributed by atoms with Crippen LogP contribution in [0.1, 0.15) is 34.7 Å². The van der Waals surface area contributed by atoms with E-state index in [1.807, 2.05) is 23.1 Å². The highest BCUT2D eigenvalue weighted by molar-refractivity contribution is 6.05. The van der Waals surface area contributed by atoms with Crippen LogP contribution >= 0.6 is 0 Å². The van der Waals surface area contributed by atoms with Crippen molar-refractivity contribution in [2.75, 3.05) is 23.3 Å². The number of nitrogens with zero attached hydrogens (tertiary/aromatic N) is 2. The summed E-state index contributed by atoms with van der Waals surface area (Å²) < 4.78 is 45.3. The van der Waals surface area contributed by atoms with Gasteiger partial charge in [-0.05, 0) is 50.1 Å². The van der Waals surface area contributed by atoms with Crippen molar-refractivity contribution in [1.82, 2.24) is 4.98 Å². The molecular weight excluding hydrogens is 395 g/mol. The lowest BCUT2D eigenvalue weighted by Gasteiger charge is -2.22. The lowest BCUT2D eigenvalue weighted by atomic mass is 10.1. The molecule has 0 spiro atoms. The van der Waals surface area contributed by atoms with E-state index in [0.717, 1.165) is 38.1 Å². The summed E-state index contributed by atoms with van der Waals surface area (Å²) in [7, 11) is 0. The van der Waals surface area contributed by atoms with E-state index in [1.54, 1.807) is 19.1 Å². The van der Waals surface area contributed by atoms with E-state index >= 15 is 0 Å². The van der Waals surface area contributed by atoms with Gasteiger partial charge in [-0.2, -0.15) is 13.2 Å². The second-order valence-electron chi connectivity index (χ2n) is 7.17. The molecule has 5 nitrogen and oxygen atoms in total. The van der Waals surface area contributed by atoms with Crippen molar-refractivity contribution in [2.24, 2.45) is 0 Å². The minimum absolute atomic E-state index is 0.0404. The van der Waals surface area contributed by atoms with Gasteiger partial charge >= 0.3 is 6.18 Å². The van der Waals surface area contributed by atoms with E-state index in [-0.39, 0.29) is 17.3 Å². The third-order valence-electron chi connectivity index (χ3n) is 5.05. The van der Waals surface area contributed by atoms with E-state index in [0.29, 0.717) is 17.0 Å². The summed E-state index contributed by atoms with van der Waals surface area (Å²) in [5, 5.41) is 2.62. The highest BCUT2D eigenvalue weighted by atomic mass is 19.4. The predicted octanol–water partition coefficient (Wildman–Crippen LogP) is 5.52. The van der Waals surface area contributed by atoms with Crippen molar-refractivity contribution < 1.29 is 22.4 Å². The molecule has 4 rings (SSSR count). The smallest absolute Gasteiger partial charge is 0.416 e. The van der Waals surface area contributed by atoms with Crippen LogP contribution in [0.5, 0.6) is 0 Å². The van der Waals surface area contributed by atoms with Crippen molar-refractivity contribution in [3.8, 4) is 11.5 Å². The number of amides is 1.